The van der Waals surface area contributed by atoms with Crippen molar-refractivity contribution in [3.05, 3.63) is 82.6 Å². The Balaban J connectivity index is 1.94. The molecule has 1 aliphatic rings. The summed E-state index contributed by atoms with van der Waals surface area (Å²) >= 11 is 0. The first-order valence-electron chi connectivity index (χ1n) is 10.3. The number of hydrogen-bond donors (Lipinski definition) is 0. The Morgan fingerprint density at radius 3 is 2.42 bits per heavy atom. The van der Waals surface area contributed by atoms with Gasteiger partial charge in [-0.05, 0) is 61.4 Å². The van der Waals surface area contributed by atoms with Crippen molar-refractivity contribution in [3.63, 3.8) is 0 Å². The molecule has 1 aliphatic heterocycles. The van der Waals surface area contributed by atoms with E-state index in [9.17, 15) is 14.9 Å². The number of aryl methyl sites for hydroxylation is 1. The first-order chi connectivity index (χ1) is 15.8. The second-order valence-electron chi connectivity index (χ2n) is 7.74. The molecule has 0 spiro atoms. The van der Waals surface area contributed by atoms with Gasteiger partial charge in [0, 0.05) is 29.9 Å². The first kappa shape index (κ1) is 21.8. The SMILES string of the molecule is COc1ccc(-c2nn(-c3ccccc3)cc2/C=C2/C(=O)N(C)C(=O)C(C#N)=C2C)cc1C. The van der Waals surface area contributed by atoms with Crippen LogP contribution in [0.2, 0.25) is 0 Å². The third-order valence-corrected chi connectivity index (χ3v) is 5.68. The number of imide groups is 1. The van der Waals surface area contributed by atoms with Crippen LogP contribution in [-0.4, -0.2) is 40.7 Å². The Kier molecular flexibility index (Phi) is 5.67. The van der Waals surface area contributed by atoms with Gasteiger partial charge in [0.2, 0.25) is 0 Å². The highest BCUT2D eigenvalue weighted by Crippen LogP contribution is 2.32. The molecule has 0 fully saturated rings. The van der Waals surface area contributed by atoms with Gasteiger partial charge in [-0.15, -0.1) is 0 Å². The highest BCUT2D eigenvalue weighted by atomic mass is 16.5. The molecule has 1 aromatic heterocycles. The van der Waals surface area contributed by atoms with Crippen LogP contribution in [0.4, 0.5) is 0 Å². The summed E-state index contributed by atoms with van der Waals surface area (Å²) in [5.41, 5.74) is 4.61. The van der Waals surface area contributed by atoms with Crippen molar-refractivity contribution in [2.75, 3.05) is 14.2 Å². The van der Waals surface area contributed by atoms with Crippen molar-refractivity contribution in [2.24, 2.45) is 0 Å². The van der Waals surface area contributed by atoms with Crippen LogP contribution in [0.3, 0.4) is 0 Å². The Morgan fingerprint density at radius 2 is 1.79 bits per heavy atom. The third-order valence-electron chi connectivity index (χ3n) is 5.68. The van der Waals surface area contributed by atoms with Crippen LogP contribution in [0.15, 0.2) is 71.4 Å². The van der Waals surface area contributed by atoms with E-state index in [1.54, 1.807) is 24.8 Å². The number of amides is 2. The minimum Gasteiger partial charge on any atom is -0.496 e. The lowest BCUT2D eigenvalue weighted by Gasteiger charge is -2.23. The smallest absolute Gasteiger partial charge is 0.271 e. The highest BCUT2D eigenvalue weighted by Gasteiger charge is 2.33. The van der Waals surface area contributed by atoms with Gasteiger partial charge < -0.3 is 4.74 Å². The lowest BCUT2D eigenvalue weighted by Crippen LogP contribution is -2.39. The Labute approximate surface area is 191 Å². The standard InChI is InChI=1S/C26H22N4O3/c1-16-12-18(10-11-23(16)33-4)24-19(15-30(28-24)20-8-6-5-7-9-20)13-21-17(2)22(14-27)26(32)29(3)25(21)31/h5-13,15H,1-4H3/b21-13+. The molecule has 33 heavy (non-hydrogen) atoms. The number of aromatic nitrogens is 2. The Bertz CT molecular complexity index is 1370. The fraction of sp³-hybridized carbons (Fsp3) is 0.154. The molecule has 3 aromatic rings. The third kappa shape index (κ3) is 3.83. The molecule has 0 saturated carbocycles. The van der Waals surface area contributed by atoms with E-state index < -0.39 is 11.8 Å². The maximum absolute atomic E-state index is 12.9. The van der Waals surface area contributed by atoms with Crippen LogP contribution >= 0.6 is 0 Å². The van der Waals surface area contributed by atoms with E-state index >= 15 is 0 Å². The zero-order chi connectivity index (χ0) is 23.7. The van der Waals surface area contributed by atoms with Gasteiger partial charge >= 0.3 is 0 Å². The Morgan fingerprint density at radius 1 is 1.06 bits per heavy atom. The van der Waals surface area contributed by atoms with E-state index in [0.717, 1.165) is 27.5 Å². The van der Waals surface area contributed by atoms with Crippen LogP contribution in [0, 0.1) is 18.3 Å². The summed E-state index contributed by atoms with van der Waals surface area (Å²) < 4.78 is 7.12. The number of nitrogens with zero attached hydrogens (tertiary/aromatic N) is 4. The fourth-order valence-corrected chi connectivity index (χ4v) is 3.81. The first-order valence-corrected chi connectivity index (χ1v) is 10.3. The molecule has 164 valence electrons. The summed E-state index contributed by atoms with van der Waals surface area (Å²) in [6, 6.07) is 17.3. The van der Waals surface area contributed by atoms with E-state index in [2.05, 4.69) is 0 Å². The zero-order valence-electron chi connectivity index (χ0n) is 18.8. The minimum atomic E-state index is -0.594. The number of para-hydroxylation sites is 1. The number of likely N-dealkylation sites (N-methyl/N-ethyl adjacent to an activating group) is 1. The highest BCUT2D eigenvalue weighted by molar-refractivity contribution is 6.19. The second kappa shape index (κ2) is 8.60. The van der Waals surface area contributed by atoms with Gasteiger partial charge in [0.25, 0.3) is 11.8 Å². The van der Waals surface area contributed by atoms with Gasteiger partial charge in [-0.1, -0.05) is 18.2 Å². The molecule has 7 nitrogen and oxygen atoms in total. The van der Waals surface area contributed by atoms with Crippen molar-refractivity contribution in [3.8, 4) is 28.8 Å². The topological polar surface area (TPSA) is 88.2 Å². The predicted molar refractivity (Wildman–Crippen MR) is 124 cm³/mol. The summed E-state index contributed by atoms with van der Waals surface area (Å²) in [6.07, 6.45) is 3.53. The van der Waals surface area contributed by atoms with Crippen molar-refractivity contribution < 1.29 is 14.3 Å². The van der Waals surface area contributed by atoms with Gasteiger partial charge in [-0.3, -0.25) is 14.5 Å². The summed E-state index contributed by atoms with van der Waals surface area (Å²) in [4.78, 5) is 26.2. The number of methoxy groups -OCH3 is 1. The van der Waals surface area contributed by atoms with E-state index in [-0.39, 0.29) is 11.1 Å². The van der Waals surface area contributed by atoms with Gasteiger partial charge in [0.1, 0.15) is 17.4 Å². The molecular formula is C26H22N4O3. The molecule has 0 N–H and O–H groups in total. The van der Waals surface area contributed by atoms with Crippen molar-refractivity contribution in [2.45, 2.75) is 13.8 Å². The molecule has 0 bridgehead atoms. The number of nitriles is 1. The molecule has 0 saturated heterocycles. The molecule has 2 amide bonds. The van der Waals surface area contributed by atoms with Crippen LogP contribution in [0.25, 0.3) is 23.0 Å². The molecule has 7 heteroatoms. The van der Waals surface area contributed by atoms with Gasteiger partial charge in [0.05, 0.1) is 18.5 Å². The molecule has 2 heterocycles. The van der Waals surface area contributed by atoms with Crippen molar-refractivity contribution >= 4 is 17.9 Å². The van der Waals surface area contributed by atoms with Gasteiger partial charge in [-0.25, -0.2) is 4.68 Å². The van der Waals surface area contributed by atoms with E-state index in [1.807, 2.05) is 67.7 Å². The number of rotatable bonds is 4. The zero-order valence-corrected chi connectivity index (χ0v) is 18.8. The Hall–Kier alpha value is -4.44. The largest absolute Gasteiger partial charge is 0.496 e. The lowest BCUT2D eigenvalue weighted by atomic mass is 9.93. The maximum Gasteiger partial charge on any atom is 0.271 e. The number of carbonyl (C=O) groups is 2. The van der Waals surface area contributed by atoms with E-state index in [4.69, 9.17) is 9.84 Å². The predicted octanol–water partition coefficient (Wildman–Crippen LogP) is 4.08. The van der Waals surface area contributed by atoms with Crippen LogP contribution in [-0.2, 0) is 9.59 Å². The molecule has 0 aliphatic carbocycles. The lowest BCUT2D eigenvalue weighted by molar-refractivity contribution is -0.138. The van der Waals surface area contributed by atoms with Crippen LogP contribution in [0.5, 0.6) is 5.75 Å². The molecule has 0 unspecified atom stereocenters. The number of carbonyl (C=O) groups excluding carboxylic acids is 2. The molecule has 0 radical (unpaired) electrons. The maximum atomic E-state index is 12.9. The number of hydrogen-bond acceptors (Lipinski definition) is 5. The number of ether oxygens (including phenoxy) is 1. The summed E-state index contributed by atoms with van der Waals surface area (Å²) in [5.74, 6) is -0.287. The average molecular weight is 438 g/mol. The molecular weight excluding hydrogens is 416 g/mol. The average Bonchev–Trinajstić information content (AvgIpc) is 3.25. The normalized spacial score (nSPS) is 15.2. The number of benzene rings is 2. The fourth-order valence-electron chi connectivity index (χ4n) is 3.81. The van der Waals surface area contributed by atoms with Gasteiger partial charge in [-0.2, -0.15) is 10.4 Å². The summed E-state index contributed by atoms with van der Waals surface area (Å²) in [7, 11) is 3.00. The molecule has 4 rings (SSSR count). The summed E-state index contributed by atoms with van der Waals surface area (Å²) in [6.45, 7) is 3.57. The molecule has 0 atom stereocenters. The van der Waals surface area contributed by atoms with Crippen LogP contribution < -0.4 is 4.74 Å². The summed E-state index contributed by atoms with van der Waals surface area (Å²) in [5, 5.41) is 14.3. The van der Waals surface area contributed by atoms with E-state index in [1.165, 1.54) is 7.05 Å². The quantitative estimate of drug-likeness (QED) is 0.452. The monoisotopic (exact) mass is 438 g/mol. The molecule has 2 aromatic carbocycles. The van der Waals surface area contributed by atoms with Crippen molar-refractivity contribution in [1.29, 1.82) is 5.26 Å². The van der Waals surface area contributed by atoms with Crippen molar-refractivity contribution in [1.82, 2.24) is 14.7 Å². The van der Waals surface area contributed by atoms with Gasteiger partial charge in [0.15, 0.2) is 0 Å². The second-order valence-corrected chi connectivity index (χ2v) is 7.74. The minimum absolute atomic E-state index is 0.0411. The van der Waals surface area contributed by atoms with Crippen LogP contribution in [0.1, 0.15) is 18.1 Å². The van der Waals surface area contributed by atoms with E-state index in [0.29, 0.717) is 16.8 Å².